The third-order valence-corrected chi connectivity index (χ3v) is 5.33. The second kappa shape index (κ2) is 21.5. The van der Waals surface area contributed by atoms with Crippen molar-refractivity contribution in [3.8, 4) is 0 Å². The molecule has 0 spiro atoms. The van der Waals surface area contributed by atoms with Gasteiger partial charge in [0.15, 0.2) is 0 Å². The average Bonchev–Trinajstić information content (AvgIpc) is 2.91. The minimum atomic E-state index is -1.91. The van der Waals surface area contributed by atoms with E-state index < -0.39 is 81.2 Å². The lowest BCUT2D eigenvalue weighted by Gasteiger charge is -2.33. The second-order valence-corrected chi connectivity index (χ2v) is 8.43. The van der Waals surface area contributed by atoms with Gasteiger partial charge in [0, 0.05) is 32.7 Å². The lowest BCUT2D eigenvalue weighted by atomic mass is 10.0. The SMILES string of the molecule is NCCOCCOCCOC(=O)NCCN(C[C@H](O)[C@@H](O)[C@H](O)[C@H](O)CO)C[C@H](O)[C@@H](O)[C@H](O)[C@H](O)CO. The van der Waals surface area contributed by atoms with Gasteiger partial charge >= 0.3 is 6.09 Å². The standard InChI is InChI=1S/C21H45N3O14/c22-1-4-36-5-6-37-7-8-38-21(35)23-2-3-24(9-13(27)17(31)19(33)15(29)11-25)10-14(28)18(32)20(34)16(30)12-26/h13-20,25-34H,1-12,22H2,(H,23,35)/t13-,14-,15+,16+,17+,18+,19+,20+/m0/s1. The molecule has 38 heavy (non-hydrogen) atoms. The molecule has 1 amide bonds. The number of alkyl carbamates (subject to hydrolysis) is 1. The lowest BCUT2D eigenvalue weighted by molar-refractivity contribution is -0.130. The molecular formula is C21H45N3O14. The summed E-state index contributed by atoms with van der Waals surface area (Å²) in [5.74, 6) is 0. The van der Waals surface area contributed by atoms with Crippen LogP contribution in [0.25, 0.3) is 0 Å². The summed E-state index contributed by atoms with van der Waals surface area (Å²) in [6, 6.07) is 0. The van der Waals surface area contributed by atoms with Gasteiger partial charge in [-0.1, -0.05) is 0 Å². The summed E-state index contributed by atoms with van der Waals surface area (Å²) in [4.78, 5) is 13.1. The van der Waals surface area contributed by atoms with Crippen LogP contribution in [0.2, 0.25) is 0 Å². The highest BCUT2D eigenvalue weighted by atomic mass is 16.6. The van der Waals surface area contributed by atoms with Crippen molar-refractivity contribution in [2.24, 2.45) is 5.73 Å². The van der Waals surface area contributed by atoms with E-state index in [1.54, 1.807) is 0 Å². The molecule has 0 aromatic heterocycles. The Hall–Kier alpha value is -1.29. The number of nitrogens with zero attached hydrogens (tertiary/aromatic N) is 1. The molecule has 0 aromatic carbocycles. The number of aliphatic hydroxyl groups is 10. The van der Waals surface area contributed by atoms with E-state index in [1.807, 2.05) is 0 Å². The normalized spacial score (nSPS) is 18.3. The van der Waals surface area contributed by atoms with E-state index in [2.05, 4.69) is 5.32 Å². The molecule has 13 N–H and O–H groups in total. The molecule has 8 atom stereocenters. The fraction of sp³-hybridized carbons (Fsp3) is 0.952. The fourth-order valence-corrected chi connectivity index (χ4v) is 3.09. The van der Waals surface area contributed by atoms with Crippen LogP contribution in [0.5, 0.6) is 0 Å². The first-order valence-corrected chi connectivity index (χ1v) is 12.1. The van der Waals surface area contributed by atoms with Crippen LogP contribution in [0, 0.1) is 0 Å². The highest BCUT2D eigenvalue weighted by molar-refractivity contribution is 5.67. The number of carbonyl (C=O) groups is 1. The molecule has 17 heteroatoms. The molecule has 0 bridgehead atoms. The number of nitrogens with one attached hydrogen (secondary N) is 1. The smallest absolute Gasteiger partial charge is 0.407 e. The number of hydrogen-bond donors (Lipinski definition) is 12. The largest absolute Gasteiger partial charge is 0.447 e. The van der Waals surface area contributed by atoms with Gasteiger partial charge < -0.3 is 76.3 Å². The van der Waals surface area contributed by atoms with Crippen molar-refractivity contribution in [2.75, 3.05) is 79.0 Å². The van der Waals surface area contributed by atoms with Crippen molar-refractivity contribution in [1.82, 2.24) is 10.2 Å². The molecule has 0 aliphatic heterocycles. The number of ether oxygens (including phenoxy) is 3. The van der Waals surface area contributed by atoms with Crippen molar-refractivity contribution < 1.29 is 70.1 Å². The van der Waals surface area contributed by atoms with Gasteiger partial charge in [-0.25, -0.2) is 4.79 Å². The Morgan fingerprint density at radius 1 is 0.684 bits per heavy atom. The van der Waals surface area contributed by atoms with Gasteiger partial charge in [0.1, 0.15) is 43.2 Å². The number of carbonyl (C=O) groups excluding carboxylic acids is 1. The monoisotopic (exact) mass is 563 g/mol. The third kappa shape index (κ3) is 15.3. The minimum absolute atomic E-state index is 0.0571. The molecule has 0 rings (SSSR count). The van der Waals surface area contributed by atoms with Crippen molar-refractivity contribution in [3.63, 3.8) is 0 Å². The summed E-state index contributed by atoms with van der Waals surface area (Å²) >= 11 is 0. The summed E-state index contributed by atoms with van der Waals surface area (Å²) in [6.45, 7) is -1.43. The maximum Gasteiger partial charge on any atom is 0.407 e. The Kier molecular flexibility index (Phi) is 20.8. The molecule has 0 aliphatic carbocycles. The Labute approximate surface area is 220 Å². The van der Waals surface area contributed by atoms with E-state index >= 15 is 0 Å². The molecule has 17 nitrogen and oxygen atoms in total. The third-order valence-electron chi connectivity index (χ3n) is 5.33. The number of aliphatic hydroxyl groups excluding tert-OH is 10. The van der Waals surface area contributed by atoms with Crippen LogP contribution in [0.3, 0.4) is 0 Å². The van der Waals surface area contributed by atoms with Crippen molar-refractivity contribution >= 4 is 6.09 Å². The second-order valence-electron chi connectivity index (χ2n) is 8.43. The van der Waals surface area contributed by atoms with Gasteiger partial charge in [0.2, 0.25) is 0 Å². The molecular weight excluding hydrogens is 518 g/mol. The van der Waals surface area contributed by atoms with Crippen LogP contribution >= 0.6 is 0 Å². The molecule has 0 unspecified atom stereocenters. The van der Waals surface area contributed by atoms with Gasteiger partial charge in [-0.15, -0.1) is 0 Å². The number of amides is 1. The van der Waals surface area contributed by atoms with Gasteiger partial charge in [-0.05, 0) is 0 Å². The Balaban J connectivity index is 4.84. The predicted molar refractivity (Wildman–Crippen MR) is 129 cm³/mol. The van der Waals surface area contributed by atoms with E-state index in [-0.39, 0.29) is 32.9 Å². The summed E-state index contributed by atoms with van der Waals surface area (Å²) in [5, 5.41) is 99.5. The minimum Gasteiger partial charge on any atom is -0.447 e. The predicted octanol–water partition coefficient (Wildman–Crippen LogP) is -7.12. The summed E-state index contributed by atoms with van der Waals surface area (Å²) in [5.41, 5.74) is 5.28. The van der Waals surface area contributed by atoms with Crippen LogP contribution in [-0.2, 0) is 14.2 Å². The number of nitrogens with two attached hydrogens (primary N) is 1. The summed E-state index contributed by atoms with van der Waals surface area (Å²) in [6.07, 6.45) is -15.4. The molecule has 228 valence electrons. The zero-order valence-corrected chi connectivity index (χ0v) is 21.2. The topological polar surface area (TPSA) is 288 Å². The van der Waals surface area contributed by atoms with E-state index in [1.165, 1.54) is 4.90 Å². The van der Waals surface area contributed by atoms with Crippen LogP contribution in [0.4, 0.5) is 4.79 Å². The van der Waals surface area contributed by atoms with Crippen LogP contribution < -0.4 is 11.1 Å². The molecule has 0 aliphatic rings. The molecule has 0 radical (unpaired) electrons. The maximum atomic E-state index is 11.9. The highest BCUT2D eigenvalue weighted by Gasteiger charge is 2.34. The number of hydrogen-bond acceptors (Lipinski definition) is 16. The van der Waals surface area contributed by atoms with Crippen molar-refractivity contribution in [2.45, 2.75) is 48.8 Å². The van der Waals surface area contributed by atoms with E-state index in [0.29, 0.717) is 19.8 Å². The van der Waals surface area contributed by atoms with Crippen LogP contribution in [-0.4, -0.2) is 190 Å². The van der Waals surface area contributed by atoms with Gasteiger partial charge in [0.05, 0.1) is 51.8 Å². The van der Waals surface area contributed by atoms with Crippen LogP contribution in [0.15, 0.2) is 0 Å². The fourth-order valence-electron chi connectivity index (χ4n) is 3.09. The Morgan fingerprint density at radius 3 is 1.55 bits per heavy atom. The van der Waals surface area contributed by atoms with Gasteiger partial charge in [-0.2, -0.15) is 0 Å². The molecule has 0 saturated carbocycles. The van der Waals surface area contributed by atoms with E-state index in [0.717, 1.165) is 0 Å². The molecule has 0 aromatic rings. The maximum absolute atomic E-state index is 11.9. The number of rotatable bonds is 23. The van der Waals surface area contributed by atoms with Gasteiger partial charge in [0.25, 0.3) is 0 Å². The van der Waals surface area contributed by atoms with Crippen LogP contribution in [0.1, 0.15) is 0 Å². The van der Waals surface area contributed by atoms with E-state index in [4.69, 9.17) is 30.2 Å². The first-order valence-electron chi connectivity index (χ1n) is 12.1. The highest BCUT2D eigenvalue weighted by Crippen LogP contribution is 2.10. The summed E-state index contributed by atoms with van der Waals surface area (Å²) in [7, 11) is 0. The Morgan fingerprint density at radius 2 is 1.11 bits per heavy atom. The average molecular weight is 564 g/mol. The molecule has 0 heterocycles. The quantitative estimate of drug-likeness (QED) is 0.0514. The first-order chi connectivity index (χ1) is 18.0. The van der Waals surface area contributed by atoms with E-state index in [9.17, 15) is 45.6 Å². The Bertz CT molecular complexity index is 565. The van der Waals surface area contributed by atoms with Crippen molar-refractivity contribution in [3.05, 3.63) is 0 Å². The van der Waals surface area contributed by atoms with Gasteiger partial charge in [-0.3, -0.25) is 4.90 Å². The zero-order chi connectivity index (χ0) is 29.1. The summed E-state index contributed by atoms with van der Waals surface area (Å²) < 4.78 is 15.2. The lowest BCUT2D eigenvalue weighted by Crippen LogP contribution is -2.54. The molecule has 0 fully saturated rings. The zero-order valence-electron chi connectivity index (χ0n) is 21.2. The molecule has 0 saturated heterocycles. The van der Waals surface area contributed by atoms with Crippen molar-refractivity contribution in [1.29, 1.82) is 0 Å². The first kappa shape index (κ1) is 36.7.